The quantitative estimate of drug-likeness (QED) is 0.824. The molecule has 19 heavy (non-hydrogen) atoms. The molecule has 1 aliphatic rings. The van der Waals surface area contributed by atoms with Gasteiger partial charge in [0.05, 0.1) is 6.10 Å². The lowest BCUT2D eigenvalue weighted by Gasteiger charge is -2.31. The maximum Gasteiger partial charge on any atom is 0.130 e. The van der Waals surface area contributed by atoms with Crippen LogP contribution in [0.5, 0.6) is 0 Å². The Morgan fingerprint density at radius 1 is 1.42 bits per heavy atom. The standard InChI is InChI=1S/C16H22FNO/c1-12(2)15-5-4-13(10-16(15)17)11-18-8-6-14(19-3)7-9-18/h4-5,10,14H,1,6-9,11H2,2-3H3. The molecule has 3 heteroatoms. The van der Waals surface area contributed by atoms with E-state index in [9.17, 15) is 4.39 Å². The Morgan fingerprint density at radius 3 is 2.63 bits per heavy atom. The van der Waals surface area contributed by atoms with Crippen LogP contribution in [0.1, 0.15) is 30.9 Å². The summed E-state index contributed by atoms with van der Waals surface area (Å²) in [5.41, 5.74) is 2.41. The van der Waals surface area contributed by atoms with Gasteiger partial charge in [0.1, 0.15) is 5.82 Å². The van der Waals surface area contributed by atoms with Gasteiger partial charge in [-0.1, -0.05) is 18.7 Å². The second kappa shape index (κ2) is 6.31. The van der Waals surface area contributed by atoms with Gasteiger partial charge in [0.15, 0.2) is 0 Å². The summed E-state index contributed by atoms with van der Waals surface area (Å²) in [7, 11) is 1.77. The lowest BCUT2D eigenvalue weighted by Crippen LogP contribution is -2.36. The van der Waals surface area contributed by atoms with Gasteiger partial charge in [0, 0.05) is 32.3 Å². The van der Waals surface area contributed by atoms with Crippen molar-refractivity contribution in [1.82, 2.24) is 4.90 Å². The maximum atomic E-state index is 13.9. The van der Waals surface area contributed by atoms with Crippen molar-refractivity contribution in [3.63, 3.8) is 0 Å². The molecule has 0 saturated carbocycles. The first kappa shape index (κ1) is 14.2. The van der Waals surface area contributed by atoms with Crippen LogP contribution in [-0.2, 0) is 11.3 Å². The van der Waals surface area contributed by atoms with E-state index >= 15 is 0 Å². The summed E-state index contributed by atoms with van der Waals surface area (Å²) in [5.74, 6) is -0.170. The van der Waals surface area contributed by atoms with Crippen LogP contribution in [0.15, 0.2) is 24.8 Å². The maximum absolute atomic E-state index is 13.9. The molecule has 0 radical (unpaired) electrons. The molecule has 0 amide bonds. The first-order chi connectivity index (χ1) is 9.10. The zero-order valence-corrected chi connectivity index (χ0v) is 11.8. The van der Waals surface area contributed by atoms with Gasteiger partial charge in [-0.3, -0.25) is 4.90 Å². The van der Waals surface area contributed by atoms with E-state index < -0.39 is 0 Å². The minimum Gasteiger partial charge on any atom is -0.381 e. The SMILES string of the molecule is C=C(C)c1ccc(CN2CCC(OC)CC2)cc1F. The third-order valence-corrected chi connectivity index (χ3v) is 3.77. The first-order valence-corrected chi connectivity index (χ1v) is 6.79. The Morgan fingerprint density at radius 2 is 2.11 bits per heavy atom. The largest absolute Gasteiger partial charge is 0.381 e. The van der Waals surface area contributed by atoms with Crippen LogP contribution in [-0.4, -0.2) is 31.2 Å². The number of nitrogens with zero attached hydrogens (tertiary/aromatic N) is 1. The lowest BCUT2D eigenvalue weighted by molar-refractivity contribution is 0.0388. The third-order valence-electron chi connectivity index (χ3n) is 3.77. The van der Waals surface area contributed by atoms with Gasteiger partial charge in [-0.25, -0.2) is 4.39 Å². The van der Waals surface area contributed by atoms with Gasteiger partial charge in [-0.15, -0.1) is 0 Å². The molecule has 1 fully saturated rings. The fraction of sp³-hybridized carbons (Fsp3) is 0.500. The van der Waals surface area contributed by atoms with Crippen LogP contribution < -0.4 is 0 Å². The van der Waals surface area contributed by atoms with Crippen molar-refractivity contribution in [3.8, 4) is 0 Å². The Labute approximate surface area is 114 Å². The highest BCUT2D eigenvalue weighted by Crippen LogP contribution is 2.20. The van der Waals surface area contributed by atoms with E-state index in [-0.39, 0.29) is 5.82 Å². The molecule has 1 aromatic rings. The van der Waals surface area contributed by atoms with Crippen LogP contribution in [0.2, 0.25) is 0 Å². The Balaban J connectivity index is 1.97. The predicted octanol–water partition coefficient (Wildman–Crippen LogP) is 3.47. The van der Waals surface area contributed by atoms with Crippen molar-refractivity contribution in [2.24, 2.45) is 0 Å². The van der Waals surface area contributed by atoms with Crippen molar-refractivity contribution < 1.29 is 9.13 Å². The molecule has 0 N–H and O–H groups in total. The number of halogens is 1. The van der Waals surface area contributed by atoms with Gasteiger partial charge >= 0.3 is 0 Å². The first-order valence-electron chi connectivity index (χ1n) is 6.79. The minimum atomic E-state index is -0.170. The molecule has 0 aliphatic carbocycles. The molecule has 0 atom stereocenters. The number of benzene rings is 1. The Kier molecular flexibility index (Phi) is 4.72. The number of hydrogen-bond donors (Lipinski definition) is 0. The molecule has 1 aromatic carbocycles. The molecular weight excluding hydrogens is 241 g/mol. The van der Waals surface area contributed by atoms with Crippen molar-refractivity contribution in [2.75, 3.05) is 20.2 Å². The molecule has 1 heterocycles. The summed E-state index contributed by atoms with van der Waals surface area (Å²) in [5, 5.41) is 0. The monoisotopic (exact) mass is 263 g/mol. The Hall–Kier alpha value is -1.19. The van der Waals surface area contributed by atoms with Gasteiger partial charge in [0.2, 0.25) is 0 Å². The smallest absolute Gasteiger partial charge is 0.130 e. The highest BCUT2D eigenvalue weighted by molar-refractivity contribution is 5.62. The normalized spacial score (nSPS) is 17.6. The zero-order chi connectivity index (χ0) is 13.8. The van der Waals surface area contributed by atoms with Gasteiger partial charge < -0.3 is 4.74 Å². The molecule has 0 bridgehead atoms. The average Bonchev–Trinajstić information content (AvgIpc) is 2.39. The summed E-state index contributed by atoms with van der Waals surface area (Å²) >= 11 is 0. The molecule has 2 nitrogen and oxygen atoms in total. The summed E-state index contributed by atoms with van der Waals surface area (Å²) in [6, 6.07) is 5.46. The van der Waals surface area contributed by atoms with E-state index in [0.29, 0.717) is 11.7 Å². The molecule has 104 valence electrons. The number of allylic oxidation sites excluding steroid dienone is 1. The van der Waals surface area contributed by atoms with Gasteiger partial charge in [-0.05, 0) is 37.0 Å². The lowest BCUT2D eigenvalue weighted by atomic mass is 10.0. The van der Waals surface area contributed by atoms with Crippen molar-refractivity contribution >= 4 is 5.57 Å². The number of rotatable bonds is 4. The van der Waals surface area contributed by atoms with E-state index in [1.54, 1.807) is 13.2 Å². The number of hydrogen-bond acceptors (Lipinski definition) is 2. The van der Waals surface area contributed by atoms with Gasteiger partial charge in [-0.2, -0.15) is 0 Å². The molecule has 0 spiro atoms. The molecule has 0 unspecified atom stereocenters. The van der Waals surface area contributed by atoms with E-state index in [2.05, 4.69) is 11.5 Å². The van der Waals surface area contributed by atoms with E-state index in [4.69, 9.17) is 4.74 Å². The topological polar surface area (TPSA) is 12.5 Å². The molecular formula is C16H22FNO. The summed E-state index contributed by atoms with van der Waals surface area (Å²) in [4.78, 5) is 2.35. The van der Waals surface area contributed by atoms with Crippen molar-refractivity contribution in [2.45, 2.75) is 32.4 Å². The summed E-state index contributed by atoms with van der Waals surface area (Å²) in [6.45, 7) is 8.45. The van der Waals surface area contributed by atoms with Crippen molar-refractivity contribution in [1.29, 1.82) is 0 Å². The number of piperidine rings is 1. The molecule has 0 aromatic heterocycles. The van der Waals surface area contributed by atoms with Crippen LogP contribution in [0.3, 0.4) is 0 Å². The third kappa shape index (κ3) is 3.64. The molecule has 2 rings (SSSR count). The highest BCUT2D eigenvalue weighted by Gasteiger charge is 2.18. The average molecular weight is 263 g/mol. The van der Waals surface area contributed by atoms with Crippen LogP contribution in [0.25, 0.3) is 5.57 Å². The summed E-state index contributed by atoms with van der Waals surface area (Å²) in [6.07, 6.45) is 2.50. The fourth-order valence-electron chi connectivity index (χ4n) is 2.56. The van der Waals surface area contributed by atoms with Gasteiger partial charge in [0.25, 0.3) is 0 Å². The van der Waals surface area contributed by atoms with Crippen LogP contribution in [0, 0.1) is 5.82 Å². The van der Waals surface area contributed by atoms with E-state index in [1.165, 1.54) is 0 Å². The zero-order valence-electron chi connectivity index (χ0n) is 11.8. The molecule has 1 aliphatic heterocycles. The van der Waals surface area contributed by atoms with Crippen molar-refractivity contribution in [3.05, 3.63) is 41.7 Å². The van der Waals surface area contributed by atoms with Crippen LogP contribution >= 0.6 is 0 Å². The Bertz CT molecular complexity index is 450. The minimum absolute atomic E-state index is 0.170. The number of likely N-dealkylation sites (tertiary alicyclic amines) is 1. The van der Waals surface area contributed by atoms with Crippen LogP contribution in [0.4, 0.5) is 4.39 Å². The highest BCUT2D eigenvalue weighted by atomic mass is 19.1. The summed E-state index contributed by atoms with van der Waals surface area (Å²) < 4.78 is 19.2. The van der Waals surface area contributed by atoms with E-state index in [0.717, 1.165) is 43.6 Å². The number of methoxy groups -OCH3 is 1. The number of ether oxygens (including phenoxy) is 1. The van der Waals surface area contributed by atoms with E-state index in [1.807, 2.05) is 19.1 Å². The second-order valence-corrected chi connectivity index (χ2v) is 5.31. The molecule has 1 saturated heterocycles. The fourth-order valence-corrected chi connectivity index (χ4v) is 2.56. The predicted molar refractivity (Wildman–Crippen MR) is 76.4 cm³/mol. The second-order valence-electron chi connectivity index (χ2n) is 5.31.